The fourth-order valence-corrected chi connectivity index (χ4v) is 0.126. The summed E-state index contributed by atoms with van der Waals surface area (Å²) in [5, 5.41) is 7.90. The first kappa shape index (κ1) is 5.72. The minimum atomic E-state index is 0.433. The van der Waals surface area contributed by atoms with E-state index in [9.17, 15) is 0 Å². The van der Waals surface area contributed by atoms with E-state index in [4.69, 9.17) is 11.8 Å². The Kier molecular flexibility index (Phi) is 2.40. The molecule has 0 unspecified atom stereocenters. The number of hydrogen-bond acceptors (Lipinski definition) is 1. The average molecular weight is 92.1 g/mol. The monoisotopic (exact) mass is 92.0 g/mol. The van der Waals surface area contributed by atoms with Crippen LogP contribution in [0, 0.1) is 17.9 Å². The summed E-state index contributed by atoms with van der Waals surface area (Å²) in [6.45, 7) is 7.91. The molecule has 0 aromatic rings. The van der Waals surface area contributed by atoms with Gasteiger partial charge in [0.25, 0.3) is 0 Å². The van der Waals surface area contributed by atoms with E-state index < -0.39 is 0 Å². The molecule has 2 heteroatoms. The van der Waals surface area contributed by atoms with Crippen molar-refractivity contribution in [2.24, 2.45) is 0 Å². The number of nitriles is 1. The second-order valence-electron chi connectivity index (χ2n) is 1.03. The molecule has 0 bridgehead atoms. The molecule has 0 aliphatic rings. The SMILES string of the molecule is [C-]#[N+]/C(C)=C/C#N. The van der Waals surface area contributed by atoms with Crippen molar-refractivity contribution in [3.63, 3.8) is 0 Å². The van der Waals surface area contributed by atoms with Gasteiger partial charge >= 0.3 is 0 Å². The van der Waals surface area contributed by atoms with Gasteiger partial charge in [0.15, 0.2) is 5.70 Å². The molecule has 2 nitrogen and oxygen atoms in total. The molecule has 0 amide bonds. The van der Waals surface area contributed by atoms with Gasteiger partial charge < -0.3 is 0 Å². The molecule has 34 valence electrons. The van der Waals surface area contributed by atoms with Crippen molar-refractivity contribution in [3.8, 4) is 6.07 Å². The van der Waals surface area contributed by atoms with Crippen LogP contribution in [0.15, 0.2) is 11.8 Å². The Morgan fingerprint density at radius 2 is 2.57 bits per heavy atom. The van der Waals surface area contributed by atoms with E-state index in [0.717, 1.165) is 0 Å². The predicted molar refractivity (Wildman–Crippen MR) is 26.0 cm³/mol. The van der Waals surface area contributed by atoms with Crippen molar-refractivity contribution in [2.45, 2.75) is 6.92 Å². The number of allylic oxidation sites excluding steroid dienone is 2. The van der Waals surface area contributed by atoms with Gasteiger partial charge in [-0.05, 0) is 6.92 Å². The zero-order chi connectivity index (χ0) is 5.70. The standard InChI is InChI=1S/C5H4N2/c1-5(7-2)3-4-6/h3H,1H3/b5-3+. The smallest absolute Gasteiger partial charge is 0.172 e. The summed E-state index contributed by atoms with van der Waals surface area (Å²) < 4.78 is 0. The lowest BCUT2D eigenvalue weighted by atomic mass is 10.5. The molecule has 0 radical (unpaired) electrons. The summed E-state index contributed by atoms with van der Waals surface area (Å²) in [4.78, 5) is 2.97. The van der Waals surface area contributed by atoms with E-state index in [1.165, 1.54) is 6.08 Å². The topological polar surface area (TPSA) is 28.1 Å². The molecule has 0 aliphatic carbocycles. The highest BCUT2D eigenvalue weighted by Crippen LogP contribution is 1.88. The first-order chi connectivity index (χ1) is 3.31. The van der Waals surface area contributed by atoms with Gasteiger partial charge in [0.1, 0.15) is 0 Å². The van der Waals surface area contributed by atoms with E-state index in [-0.39, 0.29) is 0 Å². The predicted octanol–water partition coefficient (Wildman–Crippen LogP) is 1.33. The zero-order valence-electron chi connectivity index (χ0n) is 3.97. The Morgan fingerprint density at radius 1 is 2.00 bits per heavy atom. The van der Waals surface area contributed by atoms with Crippen LogP contribution >= 0.6 is 0 Å². The maximum atomic E-state index is 7.90. The Labute approximate surface area is 42.5 Å². The summed E-state index contributed by atoms with van der Waals surface area (Å²) >= 11 is 0. The highest BCUT2D eigenvalue weighted by Gasteiger charge is 1.76. The van der Waals surface area contributed by atoms with Crippen LogP contribution in [-0.2, 0) is 0 Å². The van der Waals surface area contributed by atoms with Crippen LogP contribution in [0.25, 0.3) is 4.85 Å². The highest BCUT2D eigenvalue weighted by molar-refractivity contribution is 5.15. The van der Waals surface area contributed by atoms with E-state index in [0.29, 0.717) is 5.70 Å². The summed E-state index contributed by atoms with van der Waals surface area (Å²) in [7, 11) is 0. The number of hydrogen-bond donors (Lipinski definition) is 0. The summed E-state index contributed by atoms with van der Waals surface area (Å²) in [6, 6.07) is 1.74. The fourth-order valence-electron chi connectivity index (χ4n) is 0.126. The summed E-state index contributed by atoms with van der Waals surface area (Å²) in [5.41, 5.74) is 0.433. The molecule has 0 fully saturated rings. The summed E-state index contributed by atoms with van der Waals surface area (Å²) in [6.07, 6.45) is 1.22. The maximum Gasteiger partial charge on any atom is 0.172 e. The quantitative estimate of drug-likeness (QED) is 0.327. The molecule has 0 atom stereocenters. The van der Waals surface area contributed by atoms with Crippen LogP contribution in [0.4, 0.5) is 0 Å². The number of rotatable bonds is 0. The largest absolute Gasteiger partial charge is 0.242 e. The van der Waals surface area contributed by atoms with Crippen molar-refractivity contribution < 1.29 is 0 Å². The molecule has 7 heavy (non-hydrogen) atoms. The third-order valence-corrected chi connectivity index (χ3v) is 0.450. The van der Waals surface area contributed by atoms with Gasteiger partial charge in [0, 0.05) is 6.08 Å². The van der Waals surface area contributed by atoms with E-state index >= 15 is 0 Å². The van der Waals surface area contributed by atoms with E-state index in [2.05, 4.69) is 4.85 Å². The molecular weight excluding hydrogens is 88.1 g/mol. The first-order valence-electron chi connectivity index (χ1n) is 1.75. The molecule has 0 N–H and O–H groups in total. The van der Waals surface area contributed by atoms with E-state index in [1.54, 1.807) is 13.0 Å². The van der Waals surface area contributed by atoms with Gasteiger partial charge in [-0.2, -0.15) is 5.26 Å². The van der Waals surface area contributed by atoms with Crippen molar-refractivity contribution in [2.75, 3.05) is 0 Å². The third-order valence-electron chi connectivity index (χ3n) is 0.450. The van der Waals surface area contributed by atoms with Crippen LogP contribution in [-0.4, -0.2) is 0 Å². The van der Waals surface area contributed by atoms with E-state index in [1.807, 2.05) is 0 Å². The Hall–Kier alpha value is -1.28. The lowest BCUT2D eigenvalue weighted by Crippen LogP contribution is -1.56. The lowest BCUT2D eigenvalue weighted by molar-refractivity contribution is 1.48. The molecule has 0 aromatic carbocycles. The average Bonchev–Trinajstić information content (AvgIpc) is 1.68. The van der Waals surface area contributed by atoms with Gasteiger partial charge in [-0.15, -0.1) is 0 Å². The number of nitrogens with zero attached hydrogens (tertiary/aromatic N) is 2. The fraction of sp³-hybridized carbons (Fsp3) is 0.200. The molecule has 0 aromatic heterocycles. The van der Waals surface area contributed by atoms with Crippen molar-refractivity contribution in [1.82, 2.24) is 0 Å². The molecule has 0 saturated heterocycles. The molecule has 0 spiro atoms. The molecular formula is C5H4N2. The van der Waals surface area contributed by atoms with Crippen LogP contribution in [0.1, 0.15) is 6.92 Å². The highest BCUT2D eigenvalue weighted by atomic mass is 14.6. The minimum absolute atomic E-state index is 0.433. The third kappa shape index (κ3) is 2.52. The van der Waals surface area contributed by atoms with Crippen molar-refractivity contribution in [3.05, 3.63) is 23.2 Å². The summed E-state index contributed by atoms with van der Waals surface area (Å²) in [5.74, 6) is 0. The zero-order valence-corrected chi connectivity index (χ0v) is 3.97. The molecule has 0 heterocycles. The molecule has 0 rings (SSSR count). The Morgan fingerprint density at radius 3 is 2.71 bits per heavy atom. The van der Waals surface area contributed by atoms with Crippen LogP contribution in [0.5, 0.6) is 0 Å². The van der Waals surface area contributed by atoms with Gasteiger partial charge in [0.2, 0.25) is 0 Å². The van der Waals surface area contributed by atoms with Crippen molar-refractivity contribution in [1.29, 1.82) is 5.26 Å². The van der Waals surface area contributed by atoms with Crippen LogP contribution in [0.3, 0.4) is 0 Å². The Bertz CT molecular complexity index is 154. The van der Waals surface area contributed by atoms with Crippen LogP contribution < -0.4 is 0 Å². The van der Waals surface area contributed by atoms with Crippen molar-refractivity contribution >= 4 is 0 Å². The second-order valence-corrected chi connectivity index (χ2v) is 1.03. The van der Waals surface area contributed by atoms with Gasteiger partial charge in [-0.25, -0.2) is 4.85 Å². The Balaban J connectivity index is 3.89. The maximum absolute atomic E-state index is 7.90. The molecule has 0 aliphatic heterocycles. The minimum Gasteiger partial charge on any atom is -0.242 e. The molecule has 0 saturated carbocycles. The van der Waals surface area contributed by atoms with Crippen LogP contribution in [0.2, 0.25) is 0 Å². The first-order valence-corrected chi connectivity index (χ1v) is 1.75. The lowest BCUT2D eigenvalue weighted by Gasteiger charge is -1.69. The van der Waals surface area contributed by atoms with Gasteiger partial charge in [-0.3, -0.25) is 0 Å². The normalized spacial score (nSPS) is 9.29. The second kappa shape index (κ2) is 2.93. The van der Waals surface area contributed by atoms with Gasteiger partial charge in [-0.1, -0.05) is 0 Å². The van der Waals surface area contributed by atoms with Gasteiger partial charge in [0.05, 0.1) is 12.6 Å².